The van der Waals surface area contributed by atoms with Gasteiger partial charge in [0.15, 0.2) is 11.0 Å². The molecular formula is C27H29N5OS2. The van der Waals surface area contributed by atoms with Gasteiger partial charge in [-0.25, -0.2) is 5.43 Å². The highest BCUT2D eigenvalue weighted by molar-refractivity contribution is 7.99. The monoisotopic (exact) mass is 503 g/mol. The fraction of sp³-hybridized carbons (Fsp3) is 0.259. The number of hydrogen-bond donors (Lipinski definition) is 1. The van der Waals surface area contributed by atoms with Gasteiger partial charge >= 0.3 is 0 Å². The first-order valence-corrected chi connectivity index (χ1v) is 13.2. The molecule has 0 aliphatic carbocycles. The topological polar surface area (TPSA) is 72.2 Å². The lowest BCUT2D eigenvalue weighted by Crippen LogP contribution is -2.20. The number of nitrogens with zero attached hydrogens (tertiary/aromatic N) is 4. The minimum atomic E-state index is -0.199. The average molecular weight is 504 g/mol. The molecule has 2 aromatic carbocycles. The number of thioether (sulfide) groups is 1. The molecule has 1 amide bonds. The molecule has 4 aromatic rings. The van der Waals surface area contributed by atoms with Crippen LogP contribution < -0.4 is 5.43 Å². The van der Waals surface area contributed by atoms with Crippen LogP contribution in [0.1, 0.15) is 42.3 Å². The van der Waals surface area contributed by atoms with Crippen LogP contribution in [0.2, 0.25) is 0 Å². The Kier molecular flexibility index (Phi) is 7.52. The van der Waals surface area contributed by atoms with E-state index in [9.17, 15) is 4.79 Å². The lowest BCUT2D eigenvalue weighted by molar-refractivity contribution is -0.118. The van der Waals surface area contributed by atoms with E-state index in [1.165, 1.54) is 22.9 Å². The number of hydrazone groups is 1. The van der Waals surface area contributed by atoms with E-state index in [0.29, 0.717) is 5.16 Å². The Labute approximate surface area is 214 Å². The fourth-order valence-corrected chi connectivity index (χ4v) is 4.97. The van der Waals surface area contributed by atoms with Crippen LogP contribution >= 0.6 is 23.1 Å². The molecule has 0 bridgehead atoms. The lowest BCUT2D eigenvalue weighted by Gasteiger charge is -2.19. The third kappa shape index (κ3) is 6.07. The van der Waals surface area contributed by atoms with Crippen molar-refractivity contribution in [3.63, 3.8) is 0 Å². The van der Waals surface area contributed by atoms with Crippen molar-refractivity contribution in [1.82, 2.24) is 20.2 Å². The predicted molar refractivity (Wildman–Crippen MR) is 146 cm³/mol. The van der Waals surface area contributed by atoms with Gasteiger partial charge in [-0.2, -0.15) is 5.10 Å². The normalized spacial score (nSPS) is 11.8. The average Bonchev–Trinajstić information content (AvgIpc) is 3.44. The highest BCUT2D eigenvalue weighted by Gasteiger charge is 2.19. The Morgan fingerprint density at radius 2 is 1.77 bits per heavy atom. The fourth-order valence-electron chi connectivity index (χ4n) is 3.44. The van der Waals surface area contributed by atoms with Crippen molar-refractivity contribution < 1.29 is 4.79 Å². The van der Waals surface area contributed by atoms with Gasteiger partial charge < -0.3 is 0 Å². The first-order valence-electron chi connectivity index (χ1n) is 11.3. The predicted octanol–water partition coefficient (Wildman–Crippen LogP) is 6.15. The highest BCUT2D eigenvalue weighted by atomic mass is 32.2. The zero-order valence-electron chi connectivity index (χ0n) is 20.6. The summed E-state index contributed by atoms with van der Waals surface area (Å²) in [6.07, 6.45) is 1.68. The van der Waals surface area contributed by atoms with Crippen LogP contribution in [0.3, 0.4) is 0 Å². The van der Waals surface area contributed by atoms with Crippen LogP contribution in [0.15, 0.2) is 70.2 Å². The van der Waals surface area contributed by atoms with E-state index in [0.717, 1.165) is 27.5 Å². The molecule has 0 aliphatic heterocycles. The summed E-state index contributed by atoms with van der Waals surface area (Å²) in [5.74, 6) is 0.715. The van der Waals surface area contributed by atoms with Gasteiger partial charge in [-0.15, -0.1) is 21.5 Å². The summed E-state index contributed by atoms with van der Waals surface area (Å²) in [6, 6.07) is 18.7. The number of carbonyl (C=O) groups excluding carboxylic acids is 1. The molecule has 2 aromatic heterocycles. The van der Waals surface area contributed by atoms with E-state index in [-0.39, 0.29) is 17.1 Å². The number of hydrogen-bond acceptors (Lipinski definition) is 6. The third-order valence-corrected chi connectivity index (χ3v) is 7.42. The molecule has 4 rings (SSSR count). The largest absolute Gasteiger partial charge is 0.272 e. The van der Waals surface area contributed by atoms with Crippen LogP contribution in [-0.4, -0.2) is 32.6 Å². The maximum Gasteiger partial charge on any atom is 0.250 e. The molecule has 0 saturated carbocycles. The maximum absolute atomic E-state index is 12.4. The summed E-state index contributed by atoms with van der Waals surface area (Å²) in [6.45, 7) is 10.7. The molecule has 6 nitrogen and oxygen atoms in total. The van der Waals surface area contributed by atoms with Gasteiger partial charge in [0.2, 0.25) is 0 Å². The number of benzene rings is 2. The number of thiophene rings is 1. The third-order valence-electron chi connectivity index (χ3n) is 5.54. The number of amides is 1. The smallest absolute Gasteiger partial charge is 0.250 e. The van der Waals surface area contributed by atoms with Crippen molar-refractivity contribution in [3.05, 3.63) is 81.5 Å². The summed E-state index contributed by atoms with van der Waals surface area (Å²) in [7, 11) is 0. The molecule has 35 heavy (non-hydrogen) atoms. The molecule has 180 valence electrons. The van der Waals surface area contributed by atoms with Crippen LogP contribution in [-0.2, 0) is 10.2 Å². The van der Waals surface area contributed by atoms with Gasteiger partial charge in [-0.05, 0) is 54.0 Å². The van der Waals surface area contributed by atoms with E-state index in [1.807, 2.05) is 35.1 Å². The molecule has 0 atom stereocenters. The number of carbonyl (C=O) groups is 1. The Morgan fingerprint density at radius 1 is 1.06 bits per heavy atom. The number of aryl methyl sites for hydroxylation is 2. The van der Waals surface area contributed by atoms with Crippen LogP contribution in [0.5, 0.6) is 0 Å². The SMILES string of the molecule is Cc1ccc(-n2c(SCC(=O)N/N=C\c3sccc3C)nnc2-c2ccc(C(C)(C)C)cc2)cc1. The lowest BCUT2D eigenvalue weighted by atomic mass is 9.87. The van der Waals surface area contributed by atoms with Gasteiger partial charge in [0.1, 0.15) is 0 Å². The second-order valence-electron chi connectivity index (χ2n) is 9.35. The number of aromatic nitrogens is 3. The highest BCUT2D eigenvalue weighted by Crippen LogP contribution is 2.30. The van der Waals surface area contributed by atoms with Crippen molar-refractivity contribution >= 4 is 35.2 Å². The van der Waals surface area contributed by atoms with Gasteiger partial charge in [0.05, 0.1) is 12.0 Å². The van der Waals surface area contributed by atoms with Crippen LogP contribution in [0.4, 0.5) is 0 Å². The summed E-state index contributed by atoms with van der Waals surface area (Å²) in [5, 5.41) is 15.7. The summed E-state index contributed by atoms with van der Waals surface area (Å²) >= 11 is 2.92. The van der Waals surface area contributed by atoms with E-state index >= 15 is 0 Å². The van der Waals surface area contributed by atoms with Crippen molar-refractivity contribution in [3.8, 4) is 17.1 Å². The molecule has 0 unspecified atom stereocenters. The first-order chi connectivity index (χ1) is 16.7. The quantitative estimate of drug-likeness (QED) is 0.186. The van der Waals surface area contributed by atoms with E-state index in [1.54, 1.807) is 17.6 Å². The molecule has 0 aliphatic rings. The molecule has 0 spiro atoms. The molecular weight excluding hydrogens is 474 g/mol. The number of rotatable bonds is 7. The molecule has 0 fully saturated rings. The second-order valence-corrected chi connectivity index (χ2v) is 11.2. The second kappa shape index (κ2) is 10.6. The van der Waals surface area contributed by atoms with Crippen molar-refractivity contribution in [1.29, 1.82) is 0 Å². The van der Waals surface area contributed by atoms with Crippen LogP contribution in [0, 0.1) is 13.8 Å². The molecule has 1 N–H and O–H groups in total. The molecule has 8 heteroatoms. The van der Waals surface area contributed by atoms with Gasteiger partial charge in [0, 0.05) is 16.1 Å². The molecule has 0 saturated heterocycles. The van der Waals surface area contributed by atoms with E-state index < -0.39 is 0 Å². The minimum Gasteiger partial charge on any atom is -0.272 e. The van der Waals surface area contributed by atoms with Crippen molar-refractivity contribution in [2.45, 2.75) is 45.2 Å². The first kappa shape index (κ1) is 24.9. The number of nitrogens with one attached hydrogen (secondary N) is 1. The molecule has 2 heterocycles. The minimum absolute atomic E-state index is 0.0716. The zero-order chi connectivity index (χ0) is 25.0. The van der Waals surface area contributed by atoms with Crippen molar-refractivity contribution in [2.75, 3.05) is 5.75 Å². The Bertz CT molecular complexity index is 1330. The van der Waals surface area contributed by atoms with E-state index in [2.05, 4.69) is 84.8 Å². The summed E-state index contributed by atoms with van der Waals surface area (Å²) in [4.78, 5) is 13.5. The Hall–Kier alpha value is -3.23. The Balaban J connectivity index is 1.56. The summed E-state index contributed by atoms with van der Waals surface area (Å²) in [5.41, 5.74) is 8.16. The summed E-state index contributed by atoms with van der Waals surface area (Å²) < 4.78 is 2.00. The maximum atomic E-state index is 12.4. The van der Waals surface area contributed by atoms with Crippen molar-refractivity contribution in [2.24, 2.45) is 5.10 Å². The van der Waals surface area contributed by atoms with Crippen LogP contribution in [0.25, 0.3) is 17.1 Å². The van der Waals surface area contributed by atoms with Gasteiger partial charge in [-0.1, -0.05) is 74.5 Å². The standard InChI is InChI=1S/C27H29N5OS2/c1-18-6-12-22(13-7-18)32-25(20-8-10-21(11-9-20)27(3,4)5)30-31-26(32)35-17-24(33)29-28-16-23-19(2)14-15-34-23/h6-16H,17H2,1-5H3,(H,29,33)/b28-16-. The van der Waals surface area contributed by atoms with E-state index in [4.69, 9.17) is 0 Å². The molecule has 0 radical (unpaired) electrons. The zero-order valence-corrected chi connectivity index (χ0v) is 22.2. The Morgan fingerprint density at radius 3 is 2.40 bits per heavy atom. The van der Waals surface area contributed by atoms with Gasteiger partial charge in [0.25, 0.3) is 5.91 Å². The van der Waals surface area contributed by atoms with Gasteiger partial charge in [-0.3, -0.25) is 9.36 Å².